The summed E-state index contributed by atoms with van der Waals surface area (Å²) in [4.78, 5) is 27.4. The standard InChI is InChI=1S/C19H25N7O3.CH2O2/c1-28-14-6-7-16-15(11-14)21-19(29-16)26-9-3-4-13(12-26)10-18(27)20-8-2-5-17-22-24-25-23-17;2-1-3/h6-7,11,13H,2-5,8-10,12H2,1H3,(H,20,27)(H,22,23,24,25);1H,(H,2,3). The number of fused-ring (bicyclic) bond motifs is 1. The van der Waals surface area contributed by atoms with Gasteiger partial charge in [-0.25, -0.2) is 0 Å². The molecule has 1 atom stereocenters. The summed E-state index contributed by atoms with van der Waals surface area (Å²) >= 11 is 0. The maximum absolute atomic E-state index is 12.3. The van der Waals surface area contributed by atoms with Crippen LogP contribution in [0.25, 0.3) is 11.1 Å². The van der Waals surface area contributed by atoms with Gasteiger partial charge in [-0.3, -0.25) is 9.59 Å². The first-order valence-electron chi connectivity index (χ1n) is 10.4. The van der Waals surface area contributed by atoms with E-state index >= 15 is 0 Å². The average Bonchev–Trinajstić information content (AvgIpc) is 3.46. The van der Waals surface area contributed by atoms with E-state index in [2.05, 4.69) is 35.8 Å². The zero-order valence-corrected chi connectivity index (χ0v) is 17.9. The molecule has 12 nitrogen and oxygen atoms in total. The fraction of sp³-hybridized carbons (Fsp3) is 0.500. The van der Waals surface area contributed by atoms with Crippen molar-refractivity contribution >= 4 is 29.5 Å². The molecule has 172 valence electrons. The molecule has 0 aliphatic carbocycles. The number of benzene rings is 1. The number of aromatic amines is 1. The van der Waals surface area contributed by atoms with Crippen molar-refractivity contribution in [3.8, 4) is 5.75 Å². The number of ether oxygens (including phenoxy) is 1. The van der Waals surface area contributed by atoms with Crippen LogP contribution in [0.2, 0.25) is 0 Å². The van der Waals surface area contributed by atoms with Crippen LogP contribution in [0.4, 0.5) is 6.01 Å². The molecule has 1 aliphatic rings. The molecule has 3 heterocycles. The quantitative estimate of drug-likeness (QED) is 0.342. The van der Waals surface area contributed by atoms with E-state index < -0.39 is 0 Å². The van der Waals surface area contributed by atoms with Crippen molar-refractivity contribution in [1.82, 2.24) is 30.9 Å². The first-order chi connectivity index (χ1) is 15.6. The molecular formula is C20H27N7O5. The van der Waals surface area contributed by atoms with Crippen LogP contribution in [-0.4, -0.2) is 69.8 Å². The maximum atomic E-state index is 12.3. The lowest BCUT2D eigenvalue weighted by molar-refractivity contribution is -0.123. The smallest absolute Gasteiger partial charge is 0.298 e. The summed E-state index contributed by atoms with van der Waals surface area (Å²) in [6.45, 7) is 2.00. The van der Waals surface area contributed by atoms with Gasteiger partial charge in [0.15, 0.2) is 11.4 Å². The topological polar surface area (TPSA) is 159 Å². The van der Waals surface area contributed by atoms with Gasteiger partial charge in [0, 0.05) is 38.5 Å². The predicted molar refractivity (Wildman–Crippen MR) is 114 cm³/mol. The van der Waals surface area contributed by atoms with Gasteiger partial charge in [-0.05, 0) is 37.3 Å². The Balaban J connectivity index is 0.000000913. The fourth-order valence-electron chi connectivity index (χ4n) is 3.66. The molecule has 1 saturated heterocycles. The minimum Gasteiger partial charge on any atom is -0.497 e. The number of oxazole rings is 1. The van der Waals surface area contributed by atoms with Gasteiger partial charge < -0.3 is 24.5 Å². The number of carboxylic acid groups (broad SMARTS) is 1. The molecular weight excluding hydrogens is 418 g/mol. The lowest BCUT2D eigenvalue weighted by Gasteiger charge is -2.31. The van der Waals surface area contributed by atoms with Crippen LogP contribution in [-0.2, 0) is 16.0 Å². The van der Waals surface area contributed by atoms with Gasteiger partial charge in [-0.2, -0.15) is 10.2 Å². The molecule has 0 radical (unpaired) electrons. The Morgan fingerprint density at radius 1 is 1.47 bits per heavy atom. The summed E-state index contributed by atoms with van der Waals surface area (Å²) in [5.74, 6) is 1.78. The summed E-state index contributed by atoms with van der Waals surface area (Å²) in [6.07, 6.45) is 4.02. The zero-order chi connectivity index (χ0) is 22.8. The maximum Gasteiger partial charge on any atom is 0.298 e. The van der Waals surface area contributed by atoms with E-state index in [1.807, 2.05) is 18.2 Å². The number of rotatable bonds is 8. The number of piperidine rings is 1. The number of nitrogens with one attached hydrogen (secondary N) is 2. The molecule has 2 aromatic heterocycles. The minimum atomic E-state index is -0.250. The van der Waals surface area contributed by atoms with E-state index in [1.54, 1.807) is 7.11 Å². The van der Waals surface area contributed by atoms with E-state index in [9.17, 15) is 4.79 Å². The number of aryl methyl sites for hydroxylation is 1. The van der Waals surface area contributed by atoms with Gasteiger partial charge in [0.05, 0.1) is 7.11 Å². The second kappa shape index (κ2) is 11.6. The molecule has 4 rings (SSSR count). The molecule has 0 spiro atoms. The minimum absolute atomic E-state index is 0.0762. The molecule has 0 saturated carbocycles. The van der Waals surface area contributed by atoms with E-state index in [0.717, 1.165) is 49.2 Å². The third-order valence-corrected chi connectivity index (χ3v) is 5.14. The van der Waals surface area contributed by atoms with Crippen LogP contribution >= 0.6 is 0 Å². The predicted octanol–water partition coefficient (Wildman–Crippen LogP) is 1.41. The number of carbonyl (C=O) groups is 2. The molecule has 3 aromatic rings. The van der Waals surface area contributed by atoms with Gasteiger partial charge >= 0.3 is 0 Å². The van der Waals surface area contributed by atoms with Gasteiger partial charge in [0.2, 0.25) is 5.91 Å². The Labute approximate surface area is 184 Å². The molecule has 12 heteroatoms. The summed E-state index contributed by atoms with van der Waals surface area (Å²) in [5.41, 5.74) is 1.52. The van der Waals surface area contributed by atoms with Crippen LogP contribution in [0.3, 0.4) is 0 Å². The molecule has 1 amide bonds. The number of aromatic nitrogens is 5. The summed E-state index contributed by atoms with van der Waals surface area (Å²) in [7, 11) is 1.63. The molecule has 32 heavy (non-hydrogen) atoms. The van der Waals surface area contributed by atoms with Gasteiger partial charge in [-0.15, -0.1) is 10.2 Å². The van der Waals surface area contributed by atoms with Crippen molar-refractivity contribution in [2.45, 2.75) is 32.1 Å². The lowest BCUT2D eigenvalue weighted by Crippen LogP contribution is -2.38. The van der Waals surface area contributed by atoms with Gasteiger partial charge in [0.25, 0.3) is 12.5 Å². The molecule has 0 bridgehead atoms. The summed E-state index contributed by atoms with van der Waals surface area (Å²) in [6, 6.07) is 6.21. The normalized spacial score (nSPS) is 15.7. The molecule has 1 aliphatic heterocycles. The Morgan fingerprint density at radius 2 is 2.31 bits per heavy atom. The van der Waals surface area contributed by atoms with Crippen molar-refractivity contribution in [1.29, 1.82) is 0 Å². The van der Waals surface area contributed by atoms with E-state index in [4.69, 9.17) is 19.1 Å². The Kier molecular flexibility index (Phi) is 8.35. The number of methoxy groups -OCH3 is 1. The number of tetrazole rings is 1. The first kappa shape index (κ1) is 23.0. The van der Waals surface area contributed by atoms with E-state index in [-0.39, 0.29) is 18.3 Å². The van der Waals surface area contributed by atoms with Crippen molar-refractivity contribution in [3.63, 3.8) is 0 Å². The number of carbonyl (C=O) groups excluding carboxylic acids is 1. The van der Waals surface area contributed by atoms with Crippen molar-refractivity contribution in [3.05, 3.63) is 24.0 Å². The third kappa shape index (κ3) is 6.40. The second-order valence-electron chi connectivity index (χ2n) is 7.38. The van der Waals surface area contributed by atoms with E-state index in [1.165, 1.54) is 0 Å². The van der Waals surface area contributed by atoms with E-state index in [0.29, 0.717) is 31.2 Å². The zero-order valence-electron chi connectivity index (χ0n) is 17.9. The number of amides is 1. The molecule has 1 aromatic carbocycles. The highest BCUT2D eigenvalue weighted by molar-refractivity contribution is 5.77. The first-order valence-corrected chi connectivity index (χ1v) is 10.4. The molecule has 1 unspecified atom stereocenters. The monoisotopic (exact) mass is 445 g/mol. The fourth-order valence-corrected chi connectivity index (χ4v) is 3.66. The van der Waals surface area contributed by atoms with Crippen molar-refractivity contribution < 1.29 is 23.8 Å². The van der Waals surface area contributed by atoms with Crippen molar-refractivity contribution in [2.75, 3.05) is 31.6 Å². The van der Waals surface area contributed by atoms with Crippen molar-refractivity contribution in [2.24, 2.45) is 5.92 Å². The second-order valence-corrected chi connectivity index (χ2v) is 7.38. The van der Waals surface area contributed by atoms with Crippen LogP contribution in [0, 0.1) is 5.92 Å². The van der Waals surface area contributed by atoms with Crippen LogP contribution in [0.5, 0.6) is 5.75 Å². The number of hydrogen-bond acceptors (Lipinski definition) is 9. The average molecular weight is 445 g/mol. The number of hydrogen-bond donors (Lipinski definition) is 3. The molecule has 1 fully saturated rings. The largest absolute Gasteiger partial charge is 0.497 e. The lowest BCUT2D eigenvalue weighted by atomic mass is 9.94. The number of nitrogens with zero attached hydrogens (tertiary/aromatic N) is 5. The Morgan fingerprint density at radius 3 is 3.06 bits per heavy atom. The summed E-state index contributed by atoms with van der Waals surface area (Å²) < 4.78 is 11.2. The SMILES string of the molecule is COc1ccc2oc(N3CCCC(CC(=O)NCCCc4nn[nH]n4)C3)nc2c1.O=CO. The highest BCUT2D eigenvalue weighted by atomic mass is 16.5. The highest BCUT2D eigenvalue weighted by Crippen LogP contribution is 2.29. The van der Waals surface area contributed by atoms with Crippen LogP contribution in [0.1, 0.15) is 31.5 Å². The highest BCUT2D eigenvalue weighted by Gasteiger charge is 2.25. The van der Waals surface area contributed by atoms with Crippen LogP contribution in [0.15, 0.2) is 22.6 Å². The number of H-pyrrole nitrogens is 1. The number of anilines is 1. The van der Waals surface area contributed by atoms with Gasteiger partial charge in [-0.1, -0.05) is 5.21 Å². The Hall–Kier alpha value is -3.70. The Bertz CT molecular complexity index is 992. The summed E-state index contributed by atoms with van der Waals surface area (Å²) in [5, 5.41) is 23.6. The molecule has 3 N–H and O–H groups in total. The van der Waals surface area contributed by atoms with Gasteiger partial charge in [0.1, 0.15) is 11.3 Å². The third-order valence-electron chi connectivity index (χ3n) is 5.14. The van der Waals surface area contributed by atoms with Crippen LogP contribution < -0.4 is 15.0 Å².